The molecule has 6 heteroatoms. The average Bonchev–Trinajstić information content (AvgIpc) is 2.22. The number of carboxylic acids is 1. The summed E-state index contributed by atoms with van der Waals surface area (Å²) in [6.45, 7) is 1.45. The van der Waals surface area contributed by atoms with Crippen molar-refractivity contribution in [2.24, 2.45) is 5.92 Å². The molecule has 1 amide bonds. The van der Waals surface area contributed by atoms with Gasteiger partial charge in [-0.2, -0.15) is 0 Å². The van der Waals surface area contributed by atoms with E-state index in [-0.39, 0.29) is 17.1 Å². The first kappa shape index (κ1) is 13.4. The van der Waals surface area contributed by atoms with E-state index in [1.165, 1.54) is 19.1 Å². The van der Waals surface area contributed by atoms with Crippen LogP contribution in [0.4, 0.5) is 10.1 Å². The fourth-order valence-corrected chi connectivity index (χ4v) is 1.38. The van der Waals surface area contributed by atoms with E-state index in [0.717, 1.165) is 6.07 Å². The number of nitrogens with one attached hydrogen (secondary N) is 1. The van der Waals surface area contributed by atoms with E-state index >= 15 is 0 Å². The number of anilines is 1. The Labute approximate surface area is 102 Å². The third kappa shape index (κ3) is 4.03. The molecule has 1 rings (SSSR count). The van der Waals surface area contributed by atoms with Gasteiger partial charge in [0.05, 0.1) is 12.1 Å². The second-order valence-corrected chi connectivity index (χ2v) is 4.05. The molecular weight excluding hydrogens is 249 g/mol. The summed E-state index contributed by atoms with van der Waals surface area (Å²) in [7, 11) is 0. The van der Waals surface area contributed by atoms with Crippen molar-refractivity contribution < 1.29 is 19.1 Å². The molecule has 1 aromatic rings. The molecule has 0 saturated carbocycles. The number of hydrogen-bond acceptors (Lipinski definition) is 2. The van der Waals surface area contributed by atoms with Gasteiger partial charge in [0.1, 0.15) is 5.82 Å². The molecular formula is C11H11ClFNO3. The van der Waals surface area contributed by atoms with Crippen LogP contribution in [0.5, 0.6) is 0 Å². The van der Waals surface area contributed by atoms with E-state index in [4.69, 9.17) is 16.7 Å². The number of aliphatic carboxylic acids is 1. The highest BCUT2D eigenvalue weighted by molar-refractivity contribution is 6.30. The highest BCUT2D eigenvalue weighted by atomic mass is 35.5. The summed E-state index contributed by atoms with van der Waals surface area (Å²) in [5.41, 5.74) is -0.0558. The number of amides is 1. The summed E-state index contributed by atoms with van der Waals surface area (Å²) in [4.78, 5) is 21.9. The van der Waals surface area contributed by atoms with Gasteiger partial charge in [0.2, 0.25) is 5.91 Å². The normalized spacial score (nSPS) is 11.9. The lowest BCUT2D eigenvalue weighted by Gasteiger charge is -2.10. The van der Waals surface area contributed by atoms with Crippen LogP contribution in [0.25, 0.3) is 0 Å². The van der Waals surface area contributed by atoms with Crippen LogP contribution in [0, 0.1) is 11.7 Å². The summed E-state index contributed by atoms with van der Waals surface area (Å²) < 4.78 is 13.3. The topological polar surface area (TPSA) is 66.4 Å². The standard InChI is InChI=1S/C11H11ClFNO3/c1-6(4-10(15)16)11(17)14-9-5-7(12)2-3-8(9)13/h2-3,5-6H,4H2,1H3,(H,14,17)(H,15,16). The summed E-state index contributed by atoms with van der Waals surface area (Å²) in [6, 6.07) is 3.75. The molecule has 1 aromatic carbocycles. The third-order valence-corrected chi connectivity index (χ3v) is 2.35. The monoisotopic (exact) mass is 259 g/mol. The lowest BCUT2D eigenvalue weighted by atomic mass is 10.1. The molecule has 1 unspecified atom stereocenters. The Balaban J connectivity index is 2.73. The number of hydrogen-bond donors (Lipinski definition) is 2. The van der Waals surface area contributed by atoms with Crippen LogP contribution >= 0.6 is 11.6 Å². The molecule has 0 bridgehead atoms. The molecule has 0 saturated heterocycles. The van der Waals surface area contributed by atoms with Crippen molar-refractivity contribution in [3.63, 3.8) is 0 Å². The predicted octanol–water partition coefficient (Wildman–Crippen LogP) is 2.53. The van der Waals surface area contributed by atoms with E-state index in [0.29, 0.717) is 0 Å². The van der Waals surface area contributed by atoms with Crippen LogP contribution < -0.4 is 5.32 Å². The van der Waals surface area contributed by atoms with Crippen molar-refractivity contribution in [1.29, 1.82) is 0 Å². The van der Waals surface area contributed by atoms with Crippen molar-refractivity contribution >= 4 is 29.2 Å². The molecule has 0 fully saturated rings. The smallest absolute Gasteiger partial charge is 0.304 e. The lowest BCUT2D eigenvalue weighted by molar-refractivity contribution is -0.139. The van der Waals surface area contributed by atoms with Gasteiger partial charge in [-0.3, -0.25) is 9.59 Å². The summed E-state index contributed by atoms with van der Waals surface area (Å²) >= 11 is 5.65. The zero-order valence-electron chi connectivity index (χ0n) is 9.04. The van der Waals surface area contributed by atoms with Gasteiger partial charge in [0.25, 0.3) is 0 Å². The van der Waals surface area contributed by atoms with Crippen LogP contribution in [-0.2, 0) is 9.59 Å². The minimum absolute atomic E-state index is 0.0558. The fourth-order valence-electron chi connectivity index (χ4n) is 1.20. The van der Waals surface area contributed by atoms with Gasteiger partial charge in [-0.05, 0) is 18.2 Å². The summed E-state index contributed by atoms with van der Waals surface area (Å²) in [5.74, 6) is -3.01. The van der Waals surface area contributed by atoms with Crippen molar-refractivity contribution in [2.45, 2.75) is 13.3 Å². The van der Waals surface area contributed by atoms with Gasteiger partial charge in [-0.15, -0.1) is 0 Å². The highest BCUT2D eigenvalue weighted by Gasteiger charge is 2.17. The van der Waals surface area contributed by atoms with E-state index in [2.05, 4.69) is 5.32 Å². The van der Waals surface area contributed by atoms with E-state index in [1.54, 1.807) is 0 Å². The van der Waals surface area contributed by atoms with Gasteiger partial charge in [-0.25, -0.2) is 4.39 Å². The van der Waals surface area contributed by atoms with Crippen molar-refractivity contribution in [1.82, 2.24) is 0 Å². The van der Waals surface area contributed by atoms with E-state index in [1.807, 2.05) is 0 Å². The molecule has 0 heterocycles. The van der Waals surface area contributed by atoms with Gasteiger partial charge in [0.15, 0.2) is 0 Å². The maximum absolute atomic E-state index is 13.3. The lowest BCUT2D eigenvalue weighted by Crippen LogP contribution is -2.23. The number of rotatable bonds is 4. The molecule has 0 aromatic heterocycles. The van der Waals surface area contributed by atoms with Gasteiger partial charge in [0, 0.05) is 10.9 Å². The number of carbonyl (C=O) groups is 2. The van der Waals surface area contributed by atoms with Crippen LogP contribution in [-0.4, -0.2) is 17.0 Å². The average molecular weight is 260 g/mol. The first-order valence-corrected chi connectivity index (χ1v) is 5.25. The van der Waals surface area contributed by atoms with Crippen LogP contribution in [0.2, 0.25) is 5.02 Å². The zero-order chi connectivity index (χ0) is 13.0. The van der Waals surface area contributed by atoms with Gasteiger partial charge < -0.3 is 10.4 Å². The predicted molar refractivity (Wildman–Crippen MR) is 61.5 cm³/mol. The largest absolute Gasteiger partial charge is 0.481 e. The van der Waals surface area contributed by atoms with Crippen molar-refractivity contribution in [2.75, 3.05) is 5.32 Å². The molecule has 2 N–H and O–H groups in total. The molecule has 0 radical (unpaired) electrons. The number of carbonyl (C=O) groups excluding carboxylic acids is 1. The number of halogens is 2. The Morgan fingerprint density at radius 1 is 1.53 bits per heavy atom. The molecule has 0 aliphatic rings. The first-order chi connectivity index (χ1) is 7.90. The molecule has 92 valence electrons. The number of benzene rings is 1. The summed E-state index contributed by atoms with van der Waals surface area (Å²) in [5, 5.41) is 11.1. The first-order valence-electron chi connectivity index (χ1n) is 4.88. The van der Waals surface area contributed by atoms with E-state index < -0.39 is 23.6 Å². The molecule has 0 aliphatic carbocycles. The minimum Gasteiger partial charge on any atom is -0.481 e. The fraction of sp³-hybridized carbons (Fsp3) is 0.273. The Morgan fingerprint density at radius 3 is 2.76 bits per heavy atom. The summed E-state index contributed by atoms with van der Waals surface area (Å²) in [6.07, 6.45) is -0.311. The minimum atomic E-state index is -1.08. The Hall–Kier alpha value is -1.62. The second-order valence-electron chi connectivity index (χ2n) is 3.61. The van der Waals surface area contributed by atoms with Crippen molar-refractivity contribution in [3.05, 3.63) is 29.0 Å². The maximum Gasteiger partial charge on any atom is 0.304 e. The van der Waals surface area contributed by atoms with Crippen LogP contribution in [0.1, 0.15) is 13.3 Å². The van der Waals surface area contributed by atoms with Crippen LogP contribution in [0.15, 0.2) is 18.2 Å². The third-order valence-electron chi connectivity index (χ3n) is 2.11. The van der Waals surface area contributed by atoms with E-state index in [9.17, 15) is 14.0 Å². The number of carboxylic acid groups (broad SMARTS) is 1. The Morgan fingerprint density at radius 2 is 2.18 bits per heavy atom. The maximum atomic E-state index is 13.3. The van der Waals surface area contributed by atoms with Crippen molar-refractivity contribution in [3.8, 4) is 0 Å². The Kier molecular flexibility index (Phi) is 4.45. The SMILES string of the molecule is CC(CC(=O)O)C(=O)Nc1cc(Cl)ccc1F. The quantitative estimate of drug-likeness (QED) is 0.873. The molecule has 1 atom stereocenters. The zero-order valence-corrected chi connectivity index (χ0v) is 9.79. The molecule has 0 aliphatic heterocycles. The van der Waals surface area contributed by atoms with Crippen LogP contribution in [0.3, 0.4) is 0 Å². The Bertz CT molecular complexity index is 450. The second kappa shape index (κ2) is 5.63. The molecule has 17 heavy (non-hydrogen) atoms. The highest BCUT2D eigenvalue weighted by Crippen LogP contribution is 2.20. The van der Waals surface area contributed by atoms with Gasteiger partial charge >= 0.3 is 5.97 Å². The molecule has 4 nitrogen and oxygen atoms in total. The van der Waals surface area contributed by atoms with Gasteiger partial charge in [-0.1, -0.05) is 18.5 Å². The molecule has 0 spiro atoms.